The number of benzene rings is 2. The number of rotatable bonds is 7. The highest BCUT2D eigenvalue weighted by Crippen LogP contribution is 2.24. The first-order chi connectivity index (χ1) is 14.2. The largest absolute Gasteiger partial charge is 0.389 e. The van der Waals surface area contributed by atoms with Crippen LogP contribution in [0.2, 0.25) is 0 Å². The Bertz CT molecular complexity index is 1180. The number of anilines is 2. The lowest BCUT2D eigenvalue weighted by atomic mass is 10.1. The molecule has 2 N–H and O–H groups in total. The molecule has 156 valence electrons. The van der Waals surface area contributed by atoms with Gasteiger partial charge in [0.05, 0.1) is 27.9 Å². The monoisotopic (exact) mass is 429 g/mol. The normalized spacial score (nSPS) is 11.1. The van der Waals surface area contributed by atoms with E-state index >= 15 is 0 Å². The quantitative estimate of drug-likeness (QED) is 0.438. The highest BCUT2D eigenvalue weighted by molar-refractivity contribution is 7.92. The van der Waals surface area contributed by atoms with Crippen molar-refractivity contribution in [1.82, 2.24) is 9.78 Å². The average molecular weight is 429 g/mol. The van der Waals surface area contributed by atoms with Crippen molar-refractivity contribution in [3.63, 3.8) is 0 Å². The van der Waals surface area contributed by atoms with E-state index in [0.717, 1.165) is 15.8 Å². The Balaban J connectivity index is 1.67. The van der Waals surface area contributed by atoms with Gasteiger partial charge in [0.15, 0.2) is 0 Å². The second-order valence-corrected chi connectivity index (χ2v) is 8.26. The third-order valence-electron chi connectivity index (χ3n) is 4.29. The molecule has 2 aromatic carbocycles. The van der Waals surface area contributed by atoms with Crippen LogP contribution in [0.1, 0.15) is 11.1 Å². The van der Waals surface area contributed by atoms with Crippen molar-refractivity contribution >= 4 is 33.1 Å². The first kappa shape index (κ1) is 21.0. The molecular weight excluding hydrogens is 410 g/mol. The SMILES string of the molecule is Cc1cccc(C)c1NS(=O)(=O)c1ccc(NC(=O)Cn2ccc([N+](=O)[O-])n2)cc1. The minimum absolute atomic E-state index is 0.0471. The van der Waals surface area contributed by atoms with E-state index in [1.807, 2.05) is 32.0 Å². The summed E-state index contributed by atoms with van der Waals surface area (Å²) in [6, 6.07) is 12.4. The Hall–Kier alpha value is -3.73. The van der Waals surface area contributed by atoms with E-state index < -0.39 is 20.9 Å². The maximum Gasteiger partial charge on any atom is 0.389 e. The van der Waals surface area contributed by atoms with Gasteiger partial charge in [0.25, 0.3) is 10.0 Å². The molecule has 0 saturated carbocycles. The number of hydrogen-bond donors (Lipinski definition) is 2. The van der Waals surface area contributed by atoms with Crippen molar-refractivity contribution < 1.29 is 18.1 Å². The number of aromatic nitrogens is 2. The molecule has 3 aromatic rings. The molecular formula is C19H19N5O5S. The molecule has 0 spiro atoms. The van der Waals surface area contributed by atoms with Crippen LogP contribution in [-0.2, 0) is 21.4 Å². The van der Waals surface area contributed by atoms with Crippen molar-refractivity contribution in [2.24, 2.45) is 0 Å². The van der Waals surface area contributed by atoms with Crippen LogP contribution in [0.5, 0.6) is 0 Å². The number of amides is 1. The summed E-state index contributed by atoms with van der Waals surface area (Å²) in [5.74, 6) is -0.814. The van der Waals surface area contributed by atoms with Gasteiger partial charge in [-0.15, -0.1) is 0 Å². The maximum absolute atomic E-state index is 12.7. The fraction of sp³-hybridized carbons (Fsp3) is 0.158. The molecule has 30 heavy (non-hydrogen) atoms. The van der Waals surface area contributed by atoms with Crippen LogP contribution in [0.25, 0.3) is 0 Å². The van der Waals surface area contributed by atoms with Crippen molar-refractivity contribution in [3.05, 3.63) is 76.0 Å². The van der Waals surface area contributed by atoms with Crippen LogP contribution in [0.15, 0.2) is 59.6 Å². The van der Waals surface area contributed by atoms with Gasteiger partial charge in [-0.1, -0.05) is 18.2 Å². The van der Waals surface area contributed by atoms with Crippen LogP contribution >= 0.6 is 0 Å². The fourth-order valence-electron chi connectivity index (χ4n) is 2.77. The van der Waals surface area contributed by atoms with E-state index in [9.17, 15) is 23.3 Å². The van der Waals surface area contributed by atoms with E-state index in [1.54, 1.807) is 0 Å². The standard InChI is InChI=1S/C19H19N5O5S/c1-13-4-3-5-14(2)19(13)22-30(28,29)16-8-6-15(7-9-16)20-18(25)12-23-11-10-17(21-23)24(26)27/h3-11,22H,12H2,1-2H3,(H,20,25). The Labute approximate surface area is 172 Å². The maximum atomic E-state index is 12.7. The van der Waals surface area contributed by atoms with Gasteiger partial charge in [-0.2, -0.15) is 4.68 Å². The van der Waals surface area contributed by atoms with Crippen LogP contribution in [0.3, 0.4) is 0 Å². The lowest BCUT2D eigenvalue weighted by Gasteiger charge is -2.13. The second kappa shape index (κ2) is 8.33. The van der Waals surface area contributed by atoms with E-state index in [2.05, 4.69) is 15.1 Å². The summed E-state index contributed by atoms with van der Waals surface area (Å²) in [6.45, 7) is 3.41. The summed E-state index contributed by atoms with van der Waals surface area (Å²) in [7, 11) is -3.80. The Kier molecular flexibility index (Phi) is 5.83. The molecule has 0 aliphatic heterocycles. The molecule has 0 saturated heterocycles. The molecule has 1 amide bonds. The minimum Gasteiger partial charge on any atom is -0.358 e. The molecule has 0 aliphatic rings. The van der Waals surface area contributed by atoms with Gasteiger partial charge in [0.1, 0.15) is 6.54 Å². The zero-order chi connectivity index (χ0) is 21.9. The van der Waals surface area contributed by atoms with Gasteiger partial charge >= 0.3 is 5.82 Å². The number of nitrogens with one attached hydrogen (secondary N) is 2. The van der Waals surface area contributed by atoms with E-state index in [4.69, 9.17) is 0 Å². The molecule has 0 atom stereocenters. The molecule has 1 heterocycles. The number of hydrogen-bond acceptors (Lipinski definition) is 6. The number of nitro groups is 1. The summed E-state index contributed by atoms with van der Waals surface area (Å²) in [5.41, 5.74) is 2.53. The molecule has 10 nitrogen and oxygen atoms in total. The molecule has 0 unspecified atom stereocenters. The Morgan fingerprint density at radius 1 is 1.10 bits per heavy atom. The van der Waals surface area contributed by atoms with Crippen LogP contribution < -0.4 is 10.0 Å². The Morgan fingerprint density at radius 3 is 2.30 bits per heavy atom. The summed E-state index contributed by atoms with van der Waals surface area (Å²) < 4.78 is 29.1. The first-order valence-electron chi connectivity index (χ1n) is 8.82. The third-order valence-corrected chi connectivity index (χ3v) is 5.65. The molecule has 0 radical (unpaired) electrons. The minimum atomic E-state index is -3.80. The number of nitrogens with zero attached hydrogens (tertiary/aromatic N) is 3. The van der Waals surface area contributed by atoms with E-state index in [1.165, 1.54) is 36.5 Å². The van der Waals surface area contributed by atoms with Crippen molar-refractivity contribution in [3.8, 4) is 0 Å². The van der Waals surface area contributed by atoms with Crippen molar-refractivity contribution in [2.75, 3.05) is 10.0 Å². The molecule has 11 heteroatoms. The fourth-order valence-corrected chi connectivity index (χ4v) is 3.97. The number of carbonyl (C=O) groups is 1. The summed E-state index contributed by atoms with van der Waals surface area (Å²) >= 11 is 0. The smallest absolute Gasteiger partial charge is 0.358 e. The summed E-state index contributed by atoms with van der Waals surface area (Å²) in [4.78, 5) is 22.1. The molecule has 1 aromatic heterocycles. The highest BCUT2D eigenvalue weighted by atomic mass is 32.2. The van der Waals surface area contributed by atoms with Gasteiger partial charge in [0.2, 0.25) is 5.91 Å². The summed E-state index contributed by atoms with van der Waals surface area (Å²) in [5, 5.41) is 16.9. The van der Waals surface area contributed by atoms with Crippen LogP contribution in [0, 0.1) is 24.0 Å². The van der Waals surface area contributed by atoms with E-state index in [-0.39, 0.29) is 17.3 Å². The zero-order valence-corrected chi connectivity index (χ0v) is 17.0. The van der Waals surface area contributed by atoms with Gasteiger partial charge in [-0.05, 0) is 54.2 Å². The molecule has 0 bridgehead atoms. The summed E-state index contributed by atoms with van der Waals surface area (Å²) in [6.07, 6.45) is 1.33. The van der Waals surface area contributed by atoms with Crippen LogP contribution in [0.4, 0.5) is 17.2 Å². The number of para-hydroxylation sites is 1. The van der Waals surface area contributed by atoms with Gasteiger partial charge in [0, 0.05) is 5.69 Å². The van der Waals surface area contributed by atoms with E-state index in [0.29, 0.717) is 11.4 Å². The van der Waals surface area contributed by atoms with Crippen LogP contribution in [-0.4, -0.2) is 29.0 Å². The van der Waals surface area contributed by atoms with Crippen molar-refractivity contribution in [1.29, 1.82) is 0 Å². The lowest BCUT2D eigenvalue weighted by Crippen LogP contribution is -2.19. The van der Waals surface area contributed by atoms with Crippen molar-refractivity contribution in [2.45, 2.75) is 25.3 Å². The average Bonchev–Trinajstić information content (AvgIpc) is 3.14. The van der Waals surface area contributed by atoms with Gasteiger partial charge < -0.3 is 15.4 Å². The van der Waals surface area contributed by atoms with Gasteiger partial charge in [-0.3, -0.25) is 9.52 Å². The predicted octanol–water partition coefficient (Wildman–Crippen LogP) is 2.85. The zero-order valence-electron chi connectivity index (χ0n) is 16.2. The number of carbonyl (C=O) groups excluding carboxylic acids is 1. The molecule has 0 aliphatic carbocycles. The topological polar surface area (TPSA) is 136 Å². The van der Waals surface area contributed by atoms with Gasteiger partial charge in [-0.25, -0.2) is 8.42 Å². The first-order valence-corrected chi connectivity index (χ1v) is 10.3. The predicted molar refractivity (Wildman–Crippen MR) is 111 cm³/mol. The number of aryl methyl sites for hydroxylation is 2. The second-order valence-electron chi connectivity index (χ2n) is 6.57. The molecule has 0 fully saturated rings. The lowest BCUT2D eigenvalue weighted by molar-refractivity contribution is -0.389. The third kappa shape index (κ3) is 4.81. The Morgan fingerprint density at radius 2 is 1.73 bits per heavy atom. The number of sulfonamides is 1. The molecule has 3 rings (SSSR count). The highest BCUT2D eigenvalue weighted by Gasteiger charge is 2.17.